The van der Waals surface area contributed by atoms with Gasteiger partial charge in [0.25, 0.3) is 11.8 Å². The van der Waals surface area contributed by atoms with Gasteiger partial charge in [-0.25, -0.2) is 0 Å². The fraction of sp³-hybridized carbons (Fsp3) is 0.302. The van der Waals surface area contributed by atoms with Gasteiger partial charge in [0.15, 0.2) is 0 Å². The first-order valence-corrected chi connectivity index (χ1v) is 18.1. The highest BCUT2D eigenvalue weighted by Crippen LogP contribution is 2.66. The molecule has 276 valence electrons. The molecule has 0 aromatic heterocycles. The Hall–Kier alpha value is -6.10. The minimum atomic E-state index is -1.57. The van der Waals surface area contributed by atoms with E-state index in [4.69, 9.17) is 9.47 Å². The standard InChI is InChI=1S/C43H41N3O8/c1-24-9-13-27(14-10-24)44-46-40(50)33-23-32-30(17-18-31-36(32)41(51)45(39(31)49)20-19-25-11-15-28(47)16-12-25)38(37-34(48)21-29(53-2)22-35(37)54-3)43(33,42(46)52)26-7-5-4-6-8-26/h4-17,21-22,31-33,36,38,44,47-48H,18-20,23H2,1-3H3/t31-,32+,33-,36-,38+,43+/m0/s1. The minimum Gasteiger partial charge on any atom is -0.508 e. The lowest BCUT2D eigenvalue weighted by Crippen LogP contribution is -2.53. The maximum absolute atomic E-state index is 15.4. The van der Waals surface area contributed by atoms with Gasteiger partial charge in [0.1, 0.15) is 23.0 Å². The summed E-state index contributed by atoms with van der Waals surface area (Å²) in [4.78, 5) is 60.1. The van der Waals surface area contributed by atoms with Crippen molar-refractivity contribution in [3.05, 3.63) is 125 Å². The summed E-state index contributed by atoms with van der Waals surface area (Å²) >= 11 is 0. The number of phenols is 2. The average molecular weight is 728 g/mol. The highest BCUT2D eigenvalue weighted by Gasteiger charge is 2.71. The number of anilines is 1. The van der Waals surface area contributed by atoms with Crippen LogP contribution in [0.4, 0.5) is 5.69 Å². The Morgan fingerprint density at radius 2 is 1.56 bits per heavy atom. The van der Waals surface area contributed by atoms with Crippen molar-refractivity contribution in [2.75, 3.05) is 26.2 Å². The molecular weight excluding hydrogens is 686 g/mol. The van der Waals surface area contributed by atoms with Crippen LogP contribution in [-0.4, -0.2) is 64.5 Å². The Kier molecular flexibility index (Phi) is 8.67. The molecule has 3 N–H and O–H groups in total. The van der Waals surface area contributed by atoms with E-state index in [-0.39, 0.29) is 48.4 Å². The summed E-state index contributed by atoms with van der Waals surface area (Å²) in [6.45, 7) is 2.11. The molecule has 11 nitrogen and oxygen atoms in total. The summed E-state index contributed by atoms with van der Waals surface area (Å²) in [7, 11) is 2.94. The Balaban J connectivity index is 1.29. The molecule has 3 fully saturated rings. The van der Waals surface area contributed by atoms with Crippen LogP contribution in [0.1, 0.15) is 41.0 Å². The van der Waals surface area contributed by atoms with Gasteiger partial charge in [-0.1, -0.05) is 71.8 Å². The zero-order chi connectivity index (χ0) is 37.9. The quantitative estimate of drug-likeness (QED) is 0.147. The number of carbonyl (C=O) groups is 4. The highest BCUT2D eigenvalue weighted by molar-refractivity contribution is 6.13. The second-order valence-corrected chi connectivity index (χ2v) is 14.6. The van der Waals surface area contributed by atoms with Gasteiger partial charge in [0.05, 0.1) is 43.1 Å². The number of allylic oxidation sites excluding steroid dienone is 2. The van der Waals surface area contributed by atoms with E-state index in [1.165, 1.54) is 25.2 Å². The molecule has 4 aromatic rings. The lowest BCUT2D eigenvalue weighted by Gasteiger charge is -2.50. The van der Waals surface area contributed by atoms with E-state index in [1.54, 1.807) is 42.5 Å². The molecule has 0 bridgehead atoms. The first kappa shape index (κ1) is 35.0. The number of nitrogens with zero attached hydrogens (tertiary/aromatic N) is 2. The Bertz CT molecular complexity index is 2180. The number of aromatic hydroxyl groups is 2. The number of rotatable bonds is 9. The summed E-state index contributed by atoms with van der Waals surface area (Å²) in [5, 5.41) is 22.7. The van der Waals surface area contributed by atoms with Gasteiger partial charge in [-0.2, -0.15) is 5.01 Å². The molecule has 0 spiro atoms. The van der Waals surface area contributed by atoms with E-state index < -0.39 is 46.8 Å². The van der Waals surface area contributed by atoms with Gasteiger partial charge in [-0.05, 0) is 67.5 Å². The van der Waals surface area contributed by atoms with Crippen molar-refractivity contribution in [3.63, 3.8) is 0 Å². The molecule has 4 aromatic carbocycles. The maximum Gasteiger partial charge on any atom is 0.260 e. The zero-order valence-electron chi connectivity index (χ0n) is 30.2. The molecule has 2 saturated heterocycles. The van der Waals surface area contributed by atoms with Crippen LogP contribution in [0.25, 0.3) is 0 Å². The van der Waals surface area contributed by atoms with E-state index in [2.05, 4.69) is 5.43 Å². The summed E-state index contributed by atoms with van der Waals surface area (Å²) < 4.78 is 11.4. The van der Waals surface area contributed by atoms with Gasteiger partial charge >= 0.3 is 0 Å². The van der Waals surface area contributed by atoms with Crippen LogP contribution in [-0.2, 0) is 31.0 Å². The smallest absolute Gasteiger partial charge is 0.260 e. The second-order valence-electron chi connectivity index (χ2n) is 14.6. The van der Waals surface area contributed by atoms with E-state index >= 15 is 4.79 Å². The minimum absolute atomic E-state index is 0.124. The van der Waals surface area contributed by atoms with Crippen molar-refractivity contribution in [2.45, 2.75) is 37.5 Å². The number of nitrogens with one attached hydrogen (secondary N) is 1. The van der Waals surface area contributed by atoms with Gasteiger partial charge in [0.2, 0.25) is 11.8 Å². The predicted molar refractivity (Wildman–Crippen MR) is 199 cm³/mol. The molecule has 0 radical (unpaired) electrons. The summed E-state index contributed by atoms with van der Waals surface area (Å²) in [6, 6.07) is 26.2. The Labute approximate surface area is 312 Å². The molecule has 8 rings (SSSR count). The number of hydrazine groups is 1. The number of fused-ring (bicyclic) bond motifs is 4. The van der Waals surface area contributed by atoms with Crippen LogP contribution < -0.4 is 14.9 Å². The predicted octanol–water partition coefficient (Wildman–Crippen LogP) is 5.65. The SMILES string of the molecule is COc1cc(O)c([C@H]2C3=CC[C@@H]4C(=O)N(CCc5ccc(O)cc5)C(=O)[C@@H]4[C@@H]3C[C@H]3C(=O)N(Nc4ccc(C)cc4)C(=O)[C@@]23c2ccccc2)c(OC)c1. The van der Waals surface area contributed by atoms with E-state index in [0.29, 0.717) is 34.6 Å². The van der Waals surface area contributed by atoms with Crippen LogP contribution in [0.15, 0.2) is 103 Å². The topological polar surface area (TPSA) is 146 Å². The molecular formula is C43H41N3O8. The number of benzene rings is 4. The van der Waals surface area contributed by atoms with Crippen molar-refractivity contribution in [1.82, 2.24) is 9.91 Å². The number of hydrogen-bond donors (Lipinski definition) is 3. The number of methoxy groups -OCH3 is 2. The number of hydrogen-bond acceptors (Lipinski definition) is 9. The van der Waals surface area contributed by atoms with E-state index in [0.717, 1.165) is 16.1 Å². The molecule has 2 heterocycles. The fourth-order valence-corrected chi connectivity index (χ4v) is 9.41. The molecule has 6 atom stereocenters. The fourth-order valence-electron chi connectivity index (χ4n) is 9.41. The third-order valence-electron chi connectivity index (χ3n) is 11.9. The second kappa shape index (κ2) is 13.4. The van der Waals surface area contributed by atoms with E-state index in [9.17, 15) is 24.6 Å². The number of ether oxygens (including phenoxy) is 2. The highest BCUT2D eigenvalue weighted by atomic mass is 16.5. The summed E-state index contributed by atoms with van der Waals surface area (Å²) in [6.07, 6.45) is 2.73. The first-order valence-electron chi connectivity index (χ1n) is 18.1. The molecule has 4 amide bonds. The van der Waals surface area contributed by atoms with Crippen molar-refractivity contribution in [2.24, 2.45) is 23.7 Å². The largest absolute Gasteiger partial charge is 0.508 e. The van der Waals surface area contributed by atoms with Gasteiger partial charge < -0.3 is 19.7 Å². The van der Waals surface area contributed by atoms with Crippen LogP contribution in [0, 0.1) is 30.6 Å². The molecule has 2 aliphatic carbocycles. The molecule has 54 heavy (non-hydrogen) atoms. The Morgan fingerprint density at radius 3 is 2.24 bits per heavy atom. The molecule has 4 aliphatic rings. The normalized spacial score (nSPS) is 25.9. The van der Waals surface area contributed by atoms with Crippen molar-refractivity contribution in [1.29, 1.82) is 0 Å². The maximum atomic E-state index is 15.4. The molecule has 1 saturated carbocycles. The van der Waals surface area contributed by atoms with Gasteiger partial charge in [-0.15, -0.1) is 0 Å². The van der Waals surface area contributed by atoms with Crippen molar-refractivity contribution >= 4 is 29.3 Å². The molecule has 2 aliphatic heterocycles. The first-order chi connectivity index (χ1) is 26.1. The number of aryl methyl sites for hydroxylation is 1. The van der Waals surface area contributed by atoms with Gasteiger partial charge in [-0.3, -0.25) is 29.5 Å². The summed E-state index contributed by atoms with van der Waals surface area (Å²) in [5.41, 5.74) is 5.51. The summed E-state index contributed by atoms with van der Waals surface area (Å²) in [5.74, 6) is -5.01. The molecule has 11 heteroatoms. The zero-order valence-corrected chi connectivity index (χ0v) is 30.2. The van der Waals surface area contributed by atoms with Crippen molar-refractivity contribution in [3.8, 4) is 23.0 Å². The number of phenolic OH excluding ortho intramolecular Hbond substituents is 2. The lowest BCUT2D eigenvalue weighted by molar-refractivity contribution is -0.141. The number of imide groups is 2. The van der Waals surface area contributed by atoms with Crippen LogP contribution in [0.3, 0.4) is 0 Å². The van der Waals surface area contributed by atoms with Crippen molar-refractivity contribution < 1.29 is 38.9 Å². The van der Waals surface area contributed by atoms with E-state index in [1.807, 2.05) is 55.5 Å². The monoisotopic (exact) mass is 727 g/mol. The number of amides is 4. The molecule has 0 unspecified atom stereocenters. The third-order valence-corrected chi connectivity index (χ3v) is 11.9. The Morgan fingerprint density at radius 1 is 0.833 bits per heavy atom. The van der Waals surface area contributed by atoms with Crippen LogP contribution >= 0.6 is 0 Å². The number of likely N-dealkylation sites (tertiary alicyclic amines) is 1. The van der Waals surface area contributed by atoms with Crippen LogP contribution in [0.2, 0.25) is 0 Å². The third kappa shape index (κ3) is 5.32. The number of carbonyl (C=O) groups excluding carboxylic acids is 4. The lowest BCUT2D eigenvalue weighted by atomic mass is 9.49. The van der Waals surface area contributed by atoms with Gasteiger partial charge in [0, 0.05) is 30.2 Å². The average Bonchev–Trinajstić information content (AvgIpc) is 3.55. The van der Waals surface area contributed by atoms with Crippen LogP contribution in [0.5, 0.6) is 23.0 Å².